The van der Waals surface area contributed by atoms with Crippen molar-refractivity contribution in [1.82, 2.24) is 0 Å². The first kappa shape index (κ1) is 14.2. The lowest BCUT2D eigenvalue weighted by Crippen LogP contribution is -2.05. The summed E-state index contributed by atoms with van der Waals surface area (Å²) in [5.41, 5.74) is 0.651. The third-order valence-electron chi connectivity index (χ3n) is 2.58. The van der Waals surface area contributed by atoms with Crippen LogP contribution in [0.1, 0.15) is 15.9 Å². The molecule has 0 aliphatic carbocycles. The van der Waals surface area contributed by atoms with Crippen molar-refractivity contribution in [3.8, 4) is 5.75 Å². The van der Waals surface area contributed by atoms with E-state index in [9.17, 15) is 9.18 Å². The monoisotopic (exact) mass is 386 g/mol. The number of halogens is 3. The topological polar surface area (TPSA) is 26.3 Å². The summed E-state index contributed by atoms with van der Waals surface area (Å²) >= 11 is 6.64. The molecule has 5 heteroatoms. The second-order valence-electron chi connectivity index (χ2n) is 3.80. The molecule has 0 spiro atoms. The Morgan fingerprint density at radius 2 is 1.84 bits per heavy atom. The van der Waals surface area contributed by atoms with Crippen molar-refractivity contribution in [2.75, 3.05) is 7.11 Å². The van der Waals surface area contributed by atoms with Crippen molar-refractivity contribution < 1.29 is 13.9 Å². The van der Waals surface area contributed by atoms with Crippen LogP contribution in [0.3, 0.4) is 0 Å². The number of ether oxygens (including phenoxy) is 1. The molecule has 0 amide bonds. The summed E-state index contributed by atoms with van der Waals surface area (Å²) in [6, 6.07) is 9.06. The van der Waals surface area contributed by atoms with Gasteiger partial charge >= 0.3 is 0 Å². The maximum atomic E-state index is 13.3. The quantitative estimate of drug-likeness (QED) is 0.720. The SMILES string of the molecule is COc1ccc(F)cc1C(=O)c1ccc(Br)cc1Br. The highest BCUT2D eigenvalue weighted by Gasteiger charge is 2.17. The molecule has 0 aliphatic heterocycles. The van der Waals surface area contributed by atoms with E-state index in [4.69, 9.17) is 4.74 Å². The molecule has 0 bridgehead atoms. The van der Waals surface area contributed by atoms with Gasteiger partial charge in [0.1, 0.15) is 11.6 Å². The number of methoxy groups -OCH3 is 1. The van der Waals surface area contributed by atoms with Gasteiger partial charge in [-0.25, -0.2) is 4.39 Å². The van der Waals surface area contributed by atoms with Gasteiger partial charge in [0.15, 0.2) is 5.78 Å². The van der Waals surface area contributed by atoms with Crippen LogP contribution in [0.15, 0.2) is 45.3 Å². The molecule has 0 unspecified atom stereocenters. The van der Waals surface area contributed by atoms with Crippen LogP contribution in [0.4, 0.5) is 4.39 Å². The molecule has 0 aliphatic rings. The van der Waals surface area contributed by atoms with E-state index in [0.717, 1.165) is 4.47 Å². The standard InChI is InChI=1S/C14H9Br2FO2/c1-19-13-5-3-9(17)7-11(13)14(18)10-4-2-8(15)6-12(10)16/h2-7H,1H3. The van der Waals surface area contributed by atoms with Gasteiger partial charge in [-0.1, -0.05) is 15.9 Å². The molecule has 98 valence electrons. The molecule has 0 saturated carbocycles. The highest BCUT2D eigenvalue weighted by atomic mass is 79.9. The summed E-state index contributed by atoms with van der Waals surface area (Å²) < 4.78 is 19.9. The van der Waals surface area contributed by atoms with Crippen molar-refractivity contribution in [2.24, 2.45) is 0 Å². The maximum Gasteiger partial charge on any atom is 0.197 e. The summed E-state index contributed by atoms with van der Waals surface area (Å²) in [4.78, 5) is 12.4. The van der Waals surface area contributed by atoms with E-state index < -0.39 is 5.82 Å². The molecule has 2 aromatic carbocycles. The Morgan fingerprint density at radius 3 is 2.47 bits per heavy atom. The molecule has 2 aromatic rings. The van der Waals surface area contributed by atoms with Gasteiger partial charge in [0.05, 0.1) is 12.7 Å². The van der Waals surface area contributed by atoms with E-state index in [2.05, 4.69) is 31.9 Å². The average Bonchev–Trinajstić information content (AvgIpc) is 2.38. The Hall–Kier alpha value is -1.20. The number of rotatable bonds is 3. The first-order valence-corrected chi connectivity index (χ1v) is 6.95. The normalized spacial score (nSPS) is 10.3. The van der Waals surface area contributed by atoms with Gasteiger partial charge in [0, 0.05) is 14.5 Å². The van der Waals surface area contributed by atoms with E-state index in [0.29, 0.717) is 15.8 Å². The molecular weight excluding hydrogens is 379 g/mol. The van der Waals surface area contributed by atoms with E-state index in [-0.39, 0.29) is 11.3 Å². The molecule has 2 nitrogen and oxygen atoms in total. The van der Waals surface area contributed by atoms with Gasteiger partial charge in [-0.2, -0.15) is 0 Å². The number of hydrogen-bond donors (Lipinski definition) is 0. The van der Waals surface area contributed by atoms with Crippen molar-refractivity contribution in [1.29, 1.82) is 0 Å². The molecule has 0 atom stereocenters. The summed E-state index contributed by atoms with van der Waals surface area (Å²) in [6.07, 6.45) is 0. The zero-order valence-electron chi connectivity index (χ0n) is 9.91. The molecule has 0 radical (unpaired) electrons. The Kier molecular flexibility index (Phi) is 4.37. The Bertz CT molecular complexity index is 641. The van der Waals surface area contributed by atoms with Crippen LogP contribution in [0.2, 0.25) is 0 Å². The second kappa shape index (κ2) is 5.84. The van der Waals surface area contributed by atoms with Crippen LogP contribution in [0, 0.1) is 5.82 Å². The van der Waals surface area contributed by atoms with Crippen molar-refractivity contribution in [3.63, 3.8) is 0 Å². The van der Waals surface area contributed by atoms with Gasteiger partial charge in [0.25, 0.3) is 0 Å². The zero-order valence-corrected chi connectivity index (χ0v) is 13.1. The largest absolute Gasteiger partial charge is 0.496 e. The minimum Gasteiger partial charge on any atom is -0.496 e. The van der Waals surface area contributed by atoms with Crippen LogP contribution >= 0.6 is 31.9 Å². The lowest BCUT2D eigenvalue weighted by molar-refractivity contribution is 0.103. The second-order valence-corrected chi connectivity index (χ2v) is 5.57. The van der Waals surface area contributed by atoms with Gasteiger partial charge in [-0.15, -0.1) is 0 Å². The van der Waals surface area contributed by atoms with E-state index in [1.807, 2.05) is 0 Å². The first-order chi connectivity index (χ1) is 9.02. The number of carbonyl (C=O) groups is 1. The predicted molar refractivity (Wildman–Crippen MR) is 78.2 cm³/mol. The molecule has 0 N–H and O–H groups in total. The van der Waals surface area contributed by atoms with Gasteiger partial charge in [-0.05, 0) is 52.3 Å². The van der Waals surface area contributed by atoms with Crippen LogP contribution in [0.25, 0.3) is 0 Å². The van der Waals surface area contributed by atoms with Crippen molar-refractivity contribution >= 4 is 37.6 Å². The average molecular weight is 388 g/mol. The van der Waals surface area contributed by atoms with Crippen molar-refractivity contribution in [3.05, 3.63) is 62.3 Å². The number of hydrogen-bond acceptors (Lipinski definition) is 2. The number of carbonyl (C=O) groups excluding carboxylic acids is 1. The highest BCUT2D eigenvalue weighted by molar-refractivity contribution is 9.11. The summed E-state index contributed by atoms with van der Waals surface area (Å²) in [5.74, 6) is -0.422. The Morgan fingerprint density at radius 1 is 1.11 bits per heavy atom. The van der Waals surface area contributed by atoms with Crippen LogP contribution in [0.5, 0.6) is 5.75 Å². The van der Waals surface area contributed by atoms with Crippen molar-refractivity contribution in [2.45, 2.75) is 0 Å². The van der Waals surface area contributed by atoms with Crippen LogP contribution in [-0.2, 0) is 0 Å². The fraction of sp³-hybridized carbons (Fsp3) is 0.0714. The third-order valence-corrected chi connectivity index (χ3v) is 3.73. The van der Waals surface area contributed by atoms with Crippen LogP contribution in [-0.4, -0.2) is 12.9 Å². The fourth-order valence-corrected chi connectivity index (χ4v) is 2.90. The third kappa shape index (κ3) is 3.04. The molecule has 2 rings (SSSR count). The summed E-state index contributed by atoms with van der Waals surface area (Å²) in [7, 11) is 1.45. The molecule has 0 aromatic heterocycles. The number of benzene rings is 2. The molecule has 0 saturated heterocycles. The fourth-order valence-electron chi connectivity index (χ4n) is 1.68. The smallest absolute Gasteiger partial charge is 0.197 e. The predicted octanol–water partition coefficient (Wildman–Crippen LogP) is 4.59. The summed E-state index contributed by atoms with van der Waals surface area (Å²) in [5, 5.41) is 0. The highest BCUT2D eigenvalue weighted by Crippen LogP contribution is 2.28. The Labute approximate surface area is 126 Å². The molecule has 0 fully saturated rings. The lowest BCUT2D eigenvalue weighted by atomic mass is 10.0. The summed E-state index contributed by atoms with van der Waals surface area (Å²) in [6.45, 7) is 0. The van der Waals surface area contributed by atoms with Gasteiger partial charge in [0.2, 0.25) is 0 Å². The zero-order chi connectivity index (χ0) is 14.0. The molecular formula is C14H9Br2FO2. The molecule has 19 heavy (non-hydrogen) atoms. The van der Waals surface area contributed by atoms with Gasteiger partial charge < -0.3 is 4.74 Å². The van der Waals surface area contributed by atoms with E-state index in [1.54, 1.807) is 18.2 Å². The maximum absolute atomic E-state index is 13.3. The number of ketones is 1. The Balaban J connectivity index is 2.52. The lowest BCUT2D eigenvalue weighted by Gasteiger charge is -2.09. The minimum absolute atomic E-state index is 0.200. The molecule has 0 heterocycles. The van der Waals surface area contributed by atoms with Gasteiger partial charge in [-0.3, -0.25) is 4.79 Å². The minimum atomic E-state index is -0.475. The first-order valence-electron chi connectivity index (χ1n) is 5.36. The van der Waals surface area contributed by atoms with E-state index in [1.165, 1.54) is 25.3 Å². The van der Waals surface area contributed by atoms with E-state index >= 15 is 0 Å². The van der Waals surface area contributed by atoms with Crippen LogP contribution < -0.4 is 4.74 Å².